The van der Waals surface area contributed by atoms with Gasteiger partial charge in [-0.25, -0.2) is 9.18 Å². The van der Waals surface area contributed by atoms with Crippen molar-refractivity contribution in [2.75, 3.05) is 0 Å². The summed E-state index contributed by atoms with van der Waals surface area (Å²) in [7, 11) is 0. The maximum absolute atomic E-state index is 13.4. The number of carbonyl (C=O) groups is 1. The monoisotopic (exact) mass is 441 g/mol. The summed E-state index contributed by atoms with van der Waals surface area (Å²) in [5.74, 6) is 0.166. The molecule has 0 saturated carbocycles. The molecule has 0 fully saturated rings. The number of nitrogens with one attached hydrogen (secondary N) is 1. The molecule has 0 bridgehead atoms. The Hall–Kier alpha value is -3.58. The van der Waals surface area contributed by atoms with Gasteiger partial charge >= 0.3 is 5.63 Å². The van der Waals surface area contributed by atoms with Crippen LogP contribution >= 0.6 is 11.6 Å². The predicted molar refractivity (Wildman–Crippen MR) is 114 cm³/mol. The largest absolute Gasteiger partial charge is 0.481 e. The Morgan fingerprint density at radius 2 is 2.00 bits per heavy atom. The van der Waals surface area contributed by atoms with E-state index in [9.17, 15) is 14.0 Å². The molecule has 2 heterocycles. The number of hydrogen-bond acceptors (Lipinski definition) is 5. The minimum Gasteiger partial charge on any atom is -0.481 e. The van der Waals surface area contributed by atoms with Gasteiger partial charge in [-0.2, -0.15) is 0 Å². The fourth-order valence-electron chi connectivity index (χ4n) is 3.14. The molecule has 0 unspecified atom stereocenters. The van der Waals surface area contributed by atoms with Gasteiger partial charge in [-0.05, 0) is 49.4 Å². The van der Waals surface area contributed by atoms with Gasteiger partial charge in [0.2, 0.25) is 0 Å². The summed E-state index contributed by atoms with van der Waals surface area (Å²) in [5, 5.41) is 3.48. The molecule has 8 heteroatoms. The summed E-state index contributed by atoms with van der Waals surface area (Å²) in [6, 6.07) is 13.6. The smallest absolute Gasteiger partial charge is 0.336 e. The second kappa shape index (κ2) is 8.65. The van der Waals surface area contributed by atoms with Crippen molar-refractivity contribution in [1.29, 1.82) is 0 Å². The molecule has 0 aliphatic heterocycles. The lowest BCUT2D eigenvalue weighted by molar-refractivity contribution is -0.127. The van der Waals surface area contributed by atoms with E-state index in [-0.39, 0.29) is 23.1 Å². The van der Waals surface area contributed by atoms with Crippen molar-refractivity contribution < 1.29 is 22.8 Å². The van der Waals surface area contributed by atoms with E-state index in [1.54, 1.807) is 31.2 Å². The van der Waals surface area contributed by atoms with Crippen LogP contribution in [0.5, 0.6) is 5.75 Å². The molecule has 4 rings (SSSR count). The molecule has 0 spiro atoms. The van der Waals surface area contributed by atoms with E-state index in [1.165, 1.54) is 36.6 Å². The number of rotatable bonds is 6. The van der Waals surface area contributed by atoms with E-state index >= 15 is 0 Å². The summed E-state index contributed by atoms with van der Waals surface area (Å²) < 4.78 is 29.6. The van der Waals surface area contributed by atoms with Crippen LogP contribution in [0.2, 0.25) is 5.02 Å². The van der Waals surface area contributed by atoms with Crippen LogP contribution in [0, 0.1) is 5.82 Å². The quantitative estimate of drug-likeness (QED) is 0.429. The average Bonchev–Trinajstić information content (AvgIpc) is 3.25. The van der Waals surface area contributed by atoms with Gasteiger partial charge in [-0.15, -0.1) is 0 Å². The predicted octanol–water partition coefficient (Wildman–Crippen LogP) is 4.93. The zero-order valence-electron chi connectivity index (χ0n) is 16.4. The molecular weight excluding hydrogens is 425 g/mol. The Balaban J connectivity index is 1.58. The molecule has 6 nitrogen and oxygen atoms in total. The minimum absolute atomic E-state index is 0.175. The Morgan fingerprint density at radius 3 is 2.74 bits per heavy atom. The number of halogens is 2. The van der Waals surface area contributed by atoms with Crippen LogP contribution in [-0.4, -0.2) is 12.0 Å². The zero-order chi connectivity index (χ0) is 22.0. The number of carbonyl (C=O) groups excluding carboxylic acids is 1. The zero-order valence-corrected chi connectivity index (χ0v) is 17.1. The highest BCUT2D eigenvalue weighted by atomic mass is 35.5. The third-order valence-electron chi connectivity index (χ3n) is 4.64. The Bertz CT molecular complexity index is 1300. The Morgan fingerprint density at radius 1 is 1.16 bits per heavy atom. The number of fused-ring (bicyclic) bond motifs is 1. The van der Waals surface area contributed by atoms with Crippen molar-refractivity contribution in [3.63, 3.8) is 0 Å². The van der Waals surface area contributed by atoms with Gasteiger partial charge in [0.15, 0.2) is 6.10 Å². The van der Waals surface area contributed by atoms with Crippen molar-refractivity contribution in [1.82, 2.24) is 5.32 Å². The summed E-state index contributed by atoms with van der Waals surface area (Å²) in [5.41, 5.74) is 0.667. The standard InChI is InChI=1S/C23H17ClFNO5/c1-13(23(28)26-12-16-3-2-8-29-16)30-15-5-7-18-19(11-22(27)31-21(18)10-15)17-6-4-14(25)9-20(17)24/h2-11,13H,12H2,1H3,(H,26,28)/t13-/m1/s1. The highest BCUT2D eigenvalue weighted by molar-refractivity contribution is 6.33. The first-order chi connectivity index (χ1) is 14.9. The van der Waals surface area contributed by atoms with Gasteiger partial charge in [0.1, 0.15) is 22.9 Å². The van der Waals surface area contributed by atoms with Gasteiger partial charge in [0.05, 0.1) is 17.8 Å². The first kappa shape index (κ1) is 20.7. The van der Waals surface area contributed by atoms with Gasteiger partial charge in [-0.1, -0.05) is 11.6 Å². The lowest BCUT2D eigenvalue weighted by atomic mass is 10.0. The van der Waals surface area contributed by atoms with Crippen molar-refractivity contribution in [2.24, 2.45) is 0 Å². The van der Waals surface area contributed by atoms with Crippen LogP contribution in [0.15, 0.2) is 74.5 Å². The lowest BCUT2D eigenvalue weighted by Gasteiger charge is -2.15. The summed E-state index contributed by atoms with van der Waals surface area (Å²) >= 11 is 6.17. The minimum atomic E-state index is -0.797. The van der Waals surface area contributed by atoms with Gasteiger partial charge < -0.3 is 18.9 Å². The molecule has 31 heavy (non-hydrogen) atoms. The molecule has 1 amide bonds. The van der Waals surface area contributed by atoms with E-state index in [1.807, 2.05) is 0 Å². The number of hydrogen-bond donors (Lipinski definition) is 1. The summed E-state index contributed by atoms with van der Waals surface area (Å²) in [6.07, 6.45) is 0.728. The molecule has 0 aliphatic carbocycles. The number of amides is 1. The SMILES string of the molecule is C[C@@H](Oc1ccc2c(-c3ccc(F)cc3Cl)cc(=O)oc2c1)C(=O)NCc1ccco1. The Labute approximate surface area is 181 Å². The highest BCUT2D eigenvalue weighted by Gasteiger charge is 2.17. The fraction of sp³-hybridized carbons (Fsp3) is 0.130. The molecule has 4 aromatic rings. The van der Waals surface area contributed by atoms with Crippen LogP contribution in [-0.2, 0) is 11.3 Å². The summed E-state index contributed by atoms with van der Waals surface area (Å²) in [4.78, 5) is 24.4. The van der Waals surface area contributed by atoms with Gasteiger partial charge in [0, 0.05) is 28.6 Å². The molecule has 0 aliphatic rings. The van der Waals surface area contributed by atoms with Crippen molar-refractivity contribution in [3.05, 3.63) is 87.9 Å². The molecule has 2 aromatic heterocycles. The average molecular weight is 442 g/mol. The number of benzene rings is 2. The van der Waals surface area contributed by atoms with Crippen LogP contribution in [0.25, 0.3) is 22.1 Å². The third-order valence-corrected chi connectivity index (χ3v) is 4.95. The third kappa shape index (κ3) is 4.62. The van der Waals surface area contributed by atoms with Crippen LogP contribution in [0.4, 0.5) is 4.39 Å². The number of furan rings is 1. The van der Waals surface area contributed by atoms with Crippen LogP contribution in [0.3, 0.4) is 0 Å². The van der Waals surface area contributed by atoms with Crippen LogP contribution < -0.4 is 15.7 Å². The van der Waals surface area contributed by atoms with Crippen LogP contribution in [0.1, 0.15) is 12.7 Å². The number of ether oxygens (including phenoxy) is 1. The van der Waals surface area contributed by atoms with Crippen molar-refractivity contribution in [2.45, 2.75) is 19.6 Å². The second-order valence-electron chi connectivity index (χ2n) is 6.82. The van der Waals surface area contributed by atoms with Crippen molar-refractivity contribution >= 4 is 28.5 Å². The fourth-order valence-corrected chi connectivity index (χ4v) is 3.40. The maximum Gasteiger partial charge on any atom is 0.336 e. The molecule has 1 N–H and O–H groups in total. The van der Waals surface area contributed by atoms with Gasteiger partial charge in [0.25, 0.3) is 5.91 Å². The normalized spacial score (nSPS) is 12.0. The molecular formula is C23H17ClFNO5. The molecule has 0 saturated heterocycles. The van der Waals surface area contributed by atoms with E-state index in [2.05, 4.69) is 5.32 Å². The molecule has 2 aromatic carbocycles. The van der Waals surface area contributed by atoms with E-state index < -0.39 is 17.5 Å². The lowest BCUT2D eigenvalue weighted by Crippen LogP contribution is -2.35. The first-order valence-corrected chi connectivity index (χ1v) is 9.78. The molecule has 0 radical (unpaired) electrons. The first-order valence-electron chi connectivity index (χ1n) is 9.41. The summed E-state index contributed by atoms with van der Waals surface area (Å²) in [6.45, 7) is 1.85. The maximum atomic E-state index is 13.4. The molecule has 158 valence electrons. The Kier molecular flexibility index (Phi) is 5.77. The molecule has 1 atom stereocenters. The topological polar surface area (TPSA) is 81.7 Å². The van der Waals surface area contributed by atoms with Gasteiger partial charge in [-0.3, -0.25) is 4.79 Å². The highest BCUT2D eigenvalue weighted by Crippen LogP contribution is 2.34. The van der Waals surface area contributed by atoms with E-state index in [4.69, 9.17) is 25.2 Å². The van der Waals surface area contributed by atoms with E-state index in [0.29, 0.717) is 28.0 Å². The second-order valence-corrected chi connectivity index (χ2v) is 7.23. The van der Waals surface area contributed by atoms with E-state index in [0.717, 1.165) is 0 Å². The van der Waals surface area contributed by atoms with Crippen molar-refractivity contribution in [3.8, 4) is 16.9 Å².